The van der Waals surface area contributed by atoms with Crippen LogP contribution in [0.1, 0.15) is 18.4 Å². The van der Waals surface area contributed by atoms with E-state index in [1.807, 2.05) is 12.4 Å². The zero-order valence-corrected chi connectivity index (χ0v) is 8.82. The molecule has 0 bridgehead atoms. The van der Waals surface area contributed by atoms with Gasteiger partial charge in [-0.1, -0.05) is 0 Å². The Hall–Kier alpha value is -0.890. The molecule has 0 N–H and O–H groups in total. The van der Waals surface area contributed by atoms with Crippen molar-refractivity contribution in [2.45, 2.75) is 19.3 Å². The lowest BCUT2D eigenvalue weighted by atomic mass is 9.91. The van der Waals surface area contributed by atoms with Crippen LogP contribution in [-0.4, -0.2) is 30.0 Å². The molecule has 0 saturated carbocycles. The van der Waals surface area contributed by atoms with E-state index >= 15 is 0 Å². The number of pyridine rings is 1. The number of hydrogen-bond donors (Lipinski definition) is 0. The third-order valence-electron chi connectivity index (χ3n) is 3.11. The highest BCUT2D eigenvalue weighted by Gasteiger charge is 2.16. The number of piperidine rings is 1. The molecule has 0 aromatic carbocycles. The lowest BCUT2D eigenvalue weighted by molar-refractivity contribution is 0.219. The van der Waals surface area contributed by atoms with Gasteiger partial charge < -0.3 is 4.90 Å². The van der Waals surface area contributed by atoms with Crippen LogP contribution in [0.25, 0.3) is 0 Å². The summed E-state index contributed by atoms with van der Waals surface area (Å²) in [5, 5.41) is 0. The van der Waals surface area contributed by atoms with Crippen molar-refractivity contribution >= 4 is 0 Å². The molecule has 0 radical (unpaired) electrons. The highest BCUT2D eigenvalue weighted by atomic mass is 15.1. The van der Waals surface area contributed by atoms with E-state index in [9.17, 15) is 0 Å². The first kappa shape index (κ1) is 9.66. The molecular formula is C12H18N2. The molecule has 1 aromatic rings. The van der Waals surface area contributed by atoms with Crippen LogP contribution in [0.5, 0.6) is 0 Å². The van der Waals surface area contributed by atoms with Crippen molar-refractivity contribution in [1.82, 2.24) is 9.88 Å². The quantitative estimate of drug-likeness (QED) is 0.708. The third kappa shape index (κ3) is 2.55. The minimum atomic E-state index is 0.883. The molecule has 76 valence electrons. The zero-order chi connectivity index (χ0) is 9.80. The van der Waals surface area contributed by atoms with Crippen molar-refractivity contribution in [3.8, 4) is 0 Å². The molecule has 1 fully saturated rings. The van der Waals surface area contributed by atoms with Crippen molar-refractivity contribution in [2.24, 2.45) is 5.92 Å². The fourth-order valence-electron chi connectivity index (χ4n) is 2.12. The van der Waals surface area contributed by atoms with E-state index in [1.54, 1.807) is 0 Å². The van der Waals surface area contributed by atoms with Gasteiger partial charge in [-0.2, -0.15) is 0 Å². The first-order valence-electron chi connectivity index (χ1n) is 5.42. The Labute approximate surface area is 86.0 Å². The summed E-state index contributed by atoms with van der Waals surface area (Å²) in [4.78, 5) is 6.46. The van der Waals surface area contributed by atoms with Gasteiger partial charge in [0, 0.05) is 12.4 Å². The van der Waals surface area contributed by atoms with Gasteiger partial charge in [-0.25, -0.2) is 0 Å². The van der Waals surface area contributed by atoms with Gasteiger partial charge in [0.1, 0.15) is 0 Å². The predicted molar refractivity (Wildman–Crippen MR) is 58.2 cm³/mol. The maximum atomic E-state index is 4.04. The third-order valence-corrected chi connectivity index (χ3v) is 3.11. The van der Waals surface area contributed by atoms with E-state index in [-0.39, 0.29) is 0 Å². The summed E-state index contributed by atoms with van der Waals surface area (Å²) in [7, 11) is 2.21. The zero-order valence-electron chi connectivity index (χ0n) is 8.82. The Morgan fingerprint density at radius 3 is 2.57 bits per heavy atom. The topological polar surface area (TPSA) is 16.1 Å². The van der Waals surface area contributed by atoms with Crippen LogP contribution in [0.3, 0.4) is 0 Å². The summed E-state index contributed by atoms with van der Waals surface area (Å²) in [6.07, 6.45) is 7.71. The summed E-state index contributed by atoms with van der Waals surface area (Å²) < 4.78 is 0. The van der Waals surface area contributed by atoms with Crippen molar-refractivity contribution in [3.05, 3.63) is 30.1 Å². The Balaban J connectivity index is 1.87. The molecule has 1 saturated heterocycles. The molecule has 1 aromatic heterocycles. The highest BCUT2D eigenvalue weighted by molar-refractivity contribution is 5.10. The van der Waals surface area contributed by atoms with E-state index in [1.165, 1.54) is 37.9 Å². The number of nitrogens with zero attached hydrogens (tertiary/aromatic N) is 2. The van der Waals surface area contributed by atoms with E-state index in [2.05, 4.69) is 29.1 Å². The molecule has 2 heterocycles. The second-order valence-corrected chi connectivity index (χ2v) is 4.31. The number of likely N-dealkylation sites (tertiary alicyclic amines) is 1. The molecule has 0 unspecified atom stereocenters. The largest absolute Gasteiger partial charge is 0.306 e. The Bertz CT molecular complexity index is 263. The van der Waals surface area contributed by atoms with Gasteiger partial charge in [-0.3, -0.25) is 4.98 Å². The maximum Gasteiger partial charge on any atom is 0.0270 e. The van der Waals surface area contributed by atoms with Crippen molar-refractivity contribution < 1.29 is 0 Å². The predicted octanol–water partition coefficient (Wildman–Crippen LogP) is 1.97. The molecule has 0 aliphatic carbocycles. The van der Waals surface area contributed by atoms with Gasteiger partial charge in [-0.05, 0) is 63.0 Å². The minimum absolute atomic E-state index is 0.883. The molecular weight excluding hydrogens is 172 g/mol. The molecule has 0 amide bonds. The number of rotatable bonds is 2. The van der Waals surface area contributed by atoms with Crippen LogP contribution in [-0.2, 0) is 6.42 Å². The summed E-state index contributed by atoms with van der Waals surface area (Å²) in [6, 6.07) is 4.27. The van der Waals surface area contributed by atoms with E-state index in [0.29, 0.717) is 0 Å². The van der Waals surface area contributed by atoms with E-state index in [0.717, 1.165) is 5.92 Å². The number of hydrogen-bond acceptors (Lipinski definition) is 2. The van der Waals surface area contributed by atoms with Gasteiger partial charge >= 0.3 is 0 Å². The monoisotopic (exact) mass is 190 g/mol. The molecule has 2 heteroatoms. The summed E-state index contributed by atoms with van der Waals surface area (Å²) in [5.74, 6) is 0.883. The van der Waals surface area contributed by atoms with Gasteiger partial charge in [0.05, 0.1) is 0 Å². The molecule has 0 atom stereocenters. The van der Waals surface area contributed by atoms with Gasteiger partial charge in [0.15, 0.2) is 0 Å². The second-order valence-electron chi connectivity index (χ2n) is 4.31. The fourth-order valence-corrected chi connectivity index (χ4v) is 2.12. The molecule has 2 rings (SSSR count). The summed E-state index contributed by atoms with van der Waals surface area (Å²) in [6.45, 7) is 2.52. The molecule has 1 aliphatic heterocycles. The lowest BCUT2D eigenvalue weighted by Crippen LogP contribution is -2.30. The van der Waals surface area contributed by atoms with E-state index < -0.39 is 0 Å². The Kier molecular flexibility index (Phi) is 3.14. The average molecular weight is 190 g/mol. The standard InChI is InChI=1S/C12H18N2/c1-14-8-4-12(5-9-14)10-11-2-6-13-7-3-11/h2-3,6-7,12H,4-5,8-10H2,1H3. The fraction of sp³-hybridized carbons (Fsp3) is 0.583. The summed E-state index contributed by atoms with van der Waals surface area (Å²) >= 11 is 0. The SMILES string of the molecule is CN1CCC(Cc2ccncc2)CC1. The van der Waals surface area contributed by atoms with Crippen LogP contribution in [0, 0.1) is 5.92 Å². The van der Waals surface area contributed by atoms with Gasteiger partial charge in [0.25, 0.3) is 0 Å². The smallest absolute Gasteiger partial charge is 0.0270 e. The van der Waals surface area contributed by atoms with Gasteiger partial charge in [-0.15, -0.1) is 0 Å². The van der Waals surface area contributed by atoms with Crippen LogP contribution in [0.2, 0.25) is 0 Å². The Morgan fingerprint density at radius 1 is 1.29 bits per heavy atom. The van der Waals surface area contributed by atoms with Gasteiger partial charge in [0.2, 0.25) is 0 Å². The maximum absolute atomic E-state index is 4.04. The first-order valence-corrected chi connectivity index (χ1v) is 5.42. The Morgan fingerprint density at radius 2 is 1.93 bits per heavy atom. The van der Waals surface area contributed by atoms with Crippen molar-refractivity contribution in [2.75, 3.05) is 20.1 Å². The van der Waals surface area contributed by atoms with E-state index in [4.69, 9.17) is 0 Å². The van der Waals surface area contributed by atoms with Crippen LogP contribution in [0.15, 0.2) is 24.5 Å². The van der Waals surface area contributed by atoms with Crippen LogP contribution < -0.4 is 0 Å². The molecule has 2 nitrogen and oxygen atoms in total. The molecule has 1 aliphatic rings. The highest BCUT2D eigenvalue weighted by Crippen LogP contribution is 2.20. The lowest BCUT2D eigenvalue weighted by Gasteiger charge is -2.28. The second kappa shape index (κ2) is 4.56. The van der Waals surface area contributed by atoms with Crippen molar-refractivity contribution in [1.29, 1.82) is 0 Å². The van der Waals surface area contributed by atoms with Crippen LogP contribution in [0.4, 0.5) is 0 Å². The minimum Gasteiger partial charge on any atom is -0.306 e. The van der Waals surface area contributed by atoms with Crippen LogP contribution >= 0.6 is 0 Å². The molecule has 14 heavy (non-hydrogen) atoms. The first-order chi connectivity index (χ1) is 6.84. The average Bonchev–Trinajstić information content (AvgIpc) is 2.23. The normalized spacial score (nSPS) is 19.8. The number of aromatic nitrogens is 1. The molecule has 0 spiro atoms. The summed E-state index contributed by atoms with van der Waals surface area (Å²) in [5.41, 5.74) is 1.44. The van der Waals surface area contributed by atoms with Crippen molar-refractivity contribution in [3.63, 3.8) is 0 Å².